The van der Waals surface area contributed by atoms with Crippen LogP contribution < -0.4 is 16.0 Å². The van der Waals surface area contributed by atoms with Gasteiger partial charge in [-0.25, -0.2) is 4.79 Å². The van der Waals surface area contributed by atoms with Gasteiger partial charge in [-0.1, -0.05) is 41.9 Å². The second-order valence-corrected chi connectivity index (χ2v) is 6.24. The number of urea groups is 1. The first-order valence-corrected chi connectivity index (χ1v) is 8.45. The van der Waals surface area contributed by atoms with E-state index in [0.29, 0.717) is 18.0 Å². The van der Waals surface area contributed by atoms with Crippen molar-refractivity contribution in [2.75, 3.05) is 18.4 Å². The van der Waals surface area contributed by atoms with Crippen molar-refractivity contribution in [1.82, 2.24) is 10.6 Å². The molecule has 3 amide bonds. The van der Waals surface area contributed by atoms with Crippen LogP contribution in [0.1, 0.15) is 16.7 Å². The van der Waals surface area contributed by atoms with Crippen molar-refractivity contribution in [2.45, 2.75) is 20.3 Å². The molecule has 5 nitrogen and oxygen atoms in total. The molecular weight excluding hydrogens is 338 g/mol. The zero-order valence-corrected chi connectivity index (χ0v) is 15.1. The number of carbonyl (C=O) groups is 2. The number of carbonyl (C=O) groups excluding carboxylic acids is 2. The van der Waals surface area contributed by atoms with Gasteiger partial charge in [0.2, 0.25) is 5.91 Å². The molecule has 0 aliphatic heterocycles. The topological polar surface area (TPSA) is 70.2 Å². The Balaban J connectivity index is 1.70. The number of para-hydroxylation sites is 1. The van der Waals surface area contributed by atoms with Crippen LogP contribution in [0.4, 0.5) is 10.5 Å². The van der Waals surface area contributed by atoms with E-state index in [2.05, 4.69) is 16.0 Å². The SMILES string of the molecule is Cc1cccc(C)c1NC(=O)CNC(=O)NCCc1ccc(Cl)cc1. The summed E-state index contributed by atoms with van der Waals surface area (Å²) in [5, 5.41) is 8.79. The van der Waals surface area contributed by atoms with Crippen molar-refractivity contribution in [2.24, 2.45) is 0 Å². The number of anilines is 1. The van der Waals surface area contributed by atoms with Gasteiger partial charge < -0.3 is 16.0 Å². The molecule has 3 N–H and O–H groups in total. The zero-order chi connectivity index (χ0) is 18.2. The Morgan fingerprint density at radius 1 is 0.960 bits per heavy atom. The molecule has 0 atom stereocenters. The van der Waals surface area contributed by atoms with Gasteiger partial charge in [-0.15, -0.1) is 0 Å². The van der Waals surface area contributed by atoms with Crippen LogP contribution in [-0.2, 0) is 11.2 Å². The molecule has 0 saturated heterocycles. The molecule has 2 aromatic carbocycles. The normalized spacial score (nSPS) is 10.2. The Morgan fingerprint density at radius 2 is 1.60 bits per heavy atom. The van der Waals surface area contributed by atoms with Crippen molar-refractivity contribution >= 4 is 29.2 Å². The number of aryl methyl sites for hydroxylation is 2. The van der Waals surface area contributed by atoms with Crippen LogP contribution in [0.15, 0.2) is 42.5 Å². The maximum absolute atomic E-state index is 12.0. The first-order chi connectivity index (χ1) is 12.0. The van der Waals surface area contributed by atoms with Gasteiger partial charge in [-0.05, 0) is 49.1 Å². The summed E-state index contributed by atoms with van der Waals surface area (Å²) in [5.74, 6) is -0.259. The van der Waals surface area contributed by atoms with E-state index in [1.54, 1.807) is 0 Å². The van der Waals surface area contributed by atoms with E-state index in [0.717, 1.165) is 22.4 Å². The molecular formula is C19H22ClN3O2. The van der Waals surface area contributed by atoms with Gasteiger partial charge in [0.15, 0.2) is 0 Å². The van der Waals surface area contributed by atoms with Crippen LogP contribution in [-0.4, -0.2) is 25.0 Å². The van der Waals surface area contributed by atoms with E-state index < -0.39 is 0 Å². The molecule has 0 unspecified atom stereocenters. The predicted molar refractivity (Wildman–Crippen MR) is 101 cm³/mol. The standard InChI is InChI=1S/C19H22ClN3O2/c1-13-4-3-5-14(2)18(13)23-17(24)12-22-19(25)21-11-10-15-6-8-16(20)9-7-15/h3-9H,10-12H2,1-2H3,(H,23,24)(H2,21,22,25). The minimum Gasteiger partial charge on any atom is -0.338 e. The van der Waals surface area contributed by atoms with Gasteiger partial charge in [0.25, 0.3) is 0 Å². The van der Waals surface area contributed by atoms with Crippen molar-refractivity contribution in [3.05, 3.63) is 64.2 Å². The Kier molecular flexibility index (Phi) is 6.83. The maximum atomic E-state index is 12.0. The highest BCUT2D eigenvalue weighted by Crippen LogP contribution is 2.18. The molecule has 0 saturated carbocycles. The monoisotopic (exact) mass is 359 g/mol. The lowest BCUT2D eigenvalue weighted by Crippen LogP contribution is -2.40. The lowest BCUT2D eigenvalue weighted by molar-refractivity contribution is -0.115. The summed E-state index contributed by atoms with van der Waals surface area (Å²) < 4.78 is 0. The fraction of sp³-hybridized carbons (Fsp3) is 0.263. The number of benzene rings is 2. The molecule has 0 bridgehead atoms. The Labute approximate surface area is 152 Å². The average molecular weight is 360 g/mol. The molecule has 2 aromatic rings. The largest absolute Gasteiger partial charge is 0.338 e. The van der Waals surface area contributed by atoms with Gasteiger partial charge >= 0.3 is 6.03 Å². The Morgan fingerprint density at radius 3 is 2.24 bits per heavy atom. The average Bonchev–Trinajstić information content (AvgIpc) is 2.58. The summed E-state index contributed by atoms with van der Waals surface area (Å²) in [4.78, 5) is 23.7. The number of hydrogen-bond acceptors (Lipinski definition) is 2. The van der Waals surface area contributed by atoms with Crippen molar-refractivity contribution in [1.29, 1.82) is 0 Å². The van der Waals surface area contributed by atoms with Gasteiger partial charge in [-0.2, -0.15) is 0 Å². The summed E-state index contributed by atoms with van der Waals surface area (Å²) in [6.45, 7) is 4.26. The Hall–Kier alpha value is -2.53. The van der Waals surface area contributed by atoms with Crippen LogP contribution in [0.5, 0.6) is 0 Å². The third kappa shape index (κ3) is 6.12. The van der Waals surface area contributed by atoms with E-state index in [1.165, 1.54) is 0 Å². The highest BCUT2D eigenvalue weighted by Gasteiger charge is 2.08. The number of halogens is 1. The van der Waals surface area contributed by atoms with E-state index >= 15 is 0 Å². The molecule has 0 spiro atoms. The van der Waals surface area contributed by atoms with Crippen LogP contribution >= 0.6 is 11.6 Å². The van der Waals surface area contributed by atoms with Crippen LogP contribution in [0.3, 0.4) is 0 Å². The lowest BCUT2D eigenvalue weighted by Gasteiger charge is -2.12. The predicted octanol–water partition coefficient (Wildman–Crippen LogP) is 3.44. The van der Waals surface area contributed by atoms with Gasteiger partial charge in [-0.3, -0.25) is 4.79 Å². The molecule has 132 valence electrons. The van der Waals surface area contributed by atoms with E-state index in [4.69, 9.17) is 11.6 Å². The maximum Gasteiger partial charge on any atom is 0.315 e. The summed E-state index contributed by atoms with van der Waals surface area (Å²) in [6, 6.07) is 12.9. The minimum atomic E-state index is -0.370. The van der Waals surface area contributed by atoms with Crippen molar-refractivity contribution in [3.63, 3.8) is 0 Å². The van der Waals surface area contributed by atoms with Crippen molar-refractivity contribution < 1.29 is 9.59 Å². The molecule has 25 heavy (non-hydrogen) atoms. The zero-order valence-electron chi connectivity index (χ0n) is 14.4. The van der Waals surface area contributed by atoms with E-state index in [9.17, 15) is 9.59 Å². The highest BCUT2D eigenvalue weighted by atomic mass is 35.5. The minimum absolute atomic E-state index is 0.0828. The first kappa shape index (κ1) is 18.8. The fourth-order valence-corrected chi connectivity index (χ4v) is 2.52. The third-order valence-corrected chi connectivity index (χ3v) is 4.02. The molecule has 0 fully saturated rings. The second-order valence-electron chi connectivity index (χ2n) is 5.80. The van der Waals surface area contributed by atoms with Gasteiger partial charge in [0.05, 0.1) is 6.54 Å². The van der Waals surface area contributed by atoms with E-state index in [-0.39, 0.29) is 18.5 Å². The quantitative estimate of drug-likeness (QED) is 0.739. The molecule has 6 heteroatoms. The molecule has 0 aliphatic carbocycles. The summed E-state index contributed by atoms with van der Waals surface area (Å²) in [7, 11) is 0. The molecule has 0 heterocycles. The number of amides is 3. The van der Waals surface area contributed by atoms with Crippen LogP contribution in [0.2, 0.25) is 5.02 Å². The fourth-order valence-electron chi connectivity index (χ4n) is 2.39. The molecule has 0 radical (unpaired) electrons. The van der Waals surface area contributed by atoms with Crippen LogP contribution in [0, 0.1) is 13.8 Å². The second kappa shape index (κ2) is 9.08. The molecule has 2 rings (SSSR count). The highest BCUT2D eigenvalue weighted by molar-refractivity contribution is 6.30. The van der Waals surface area contributed by atoms with Gasteiger partial charge in [0, 0.05) is 17.3 Å². The van der Waals surface area contributed by atoms with Crippen molar-refractivity contribution in [3.8, 4) is 0 Å². The van der Waals surface area contributed by atoms with Gasteiger partial charge in [0.1, 0.15) is 0 Å². The number of nitrogens with one attached hydrogen (secondary N) is 3. The lowest BCUT2D eigenvalue weighted by atomic mass is 10.1. The third-order valence-electron chi connectivity index (χ3n) is 3.77. The number of rotatable bonds is 6. The number of hydrogen-bond donors (Lipinski definition) is 3. The molecule has 0 aliphatic rings. The summed E-state index contributed by atoms with van der Waals surface area (Å²) >= 11 is 5.83. The summed E-state index contributed by atoms with van der Waals surface area (Å²) in [6.07, 6.45) is 0.694. The van der Waals surface area contributed by atoms with E-state index in [1.807, 2.05) is 56.3 Å². The first-order valence-electron chi connectivity index (χ1n) is 8.08. The van der Waals surface area contributed by atoms with Crippen LogP contribution in [0.25, 0.3) is 0 Å². The Bertz CT molecular complexity index is 725. The molecule has 0 aromatic heterocycles. The smallest absolute Gasteiger partial charge is 0.315 e. The summed E-state index contributed by atoms with van der Waals surface area (Å²) in [5.41, 5.74) is 3.84.